The van der Waals surface area contributed by atoms with E-state index in [2.05, 4.69) is 20.4 Å². The van der Waals surface area contributed by atoms with E-state index < -0.39 is 12.0 Å². The van der Waals surface area contributed by atoms with Crippen LogP contribution in [0.2, 0.25) is 0 Å². The van der Waals surface area contributed by atoms with Crippen LogP contribution in [0.25, 0.3) is 5.78 Å². The fraction of sp³-hybridized carbons (Fsp3) is 0.500. The van der Waals surface area contributed by atoms with E-state index >= 15 is 0 Å². The van der Waals surface area contributed by atoms with Gasteiger partial charge >= 0.3 is 5.97 Å². The van der Waals surface area contributed by atoms with E-state index in [1.165, 1.54) is 10.8 Å². The molecule has 2 aromatic rings. The summed E-state index contributed by atoms with van der Waals surface area (Å²) in [6.07, 6.45) is 2.17. The van der Waals surface area contributed by atoms with Crippen molar-refractivity contribution in [3.63, 3.8) is 0 Å². The Labute approximate surface area is 110 Å². The van der Waals surface area contributed by atoms with Crippen molar-refractivity contribution in [2.24, 2.45) is 5.92 Å². The molecule has 2 aromatic heterocycles. The fourth-order valence-electron chi connectivity index (χ4n) is 1.88. The van der Waals surface area contributed by atoms with Crippen LogP contribution in [0.3, 0.4) is 0 Å². The number of anilines is 1. The maximum absolute atomic E-state index is 11.3. The SMILES string of the molecule is CC[C@H](C)[C@H](Nc1cc(C)nc2ncnn12)C(=O)O. The van der Waals surface area contributed by atoms with Gasteiger partial charge in [-0.2, -0.15) is 14.6 Å². The van der Waals surface area contributed by atoms with Gasteiger partial charge < -0.3 is 10.4 Å². The molecule has 0 saturated heterocycles. The Balaban J connectivity index is 2.38. The van der Waals surface area contributed by atoms with Gasteiger partial charge in [-0.25, -0.2) is 9.78 Å². The Bertz CT molecular complexity index is 595. The van der Waals surface area contributed by atoms with Gasteiger partial charge in [0.05, 0.1) is 0 Å². The lowest BCUT2D eigenvalue weighted by atomic mass is 9.99. The first-order valence-corrected chi connectivity index (χ1v) is 6.19. The summed E-state index contributed by atoms with van der Waals surface area (Å²) in [5.74, 6) is 0.171. The molecule has 7 heteroatoms. The molecule has 0 spiro atoms. The number of aliphatic carboxylic acids is 1. The van der Waals surface area contributed by atoms with Crippen LogP contribution < -0.4 is 5.32 Å². The van der Waals surface area contributed by atoms with Crippen molar-refractivity contribution in [3.05, 3.63) is 18.1 Å². The average Bonchev–Trinajstić information content (AvgIpc) is 2.82. The van der Waals surface area contributed by atoms with Gasteiger partial charge in [0.15, 0.2) is 0 Å². The van der Waals surface area contributed by atoms with Gasteiger partial charge in [0, 0.05) is 11.8 Å². The lowest BCUT2D eigenvalue weighted by Crippen LogP contribution is -2.36. The highest BCUT2D eigenvalue weighted by Gasteiger charge is 2.24. The number of nitrogens with zero attached hydrogens (tertiary/aromatic N) is 4. The maximum Gasteiger partial charge on any atom is 0.326 e. The molecule has 19 heavy (non-hydrogen) atoms. The van der Waals surface area contributed by atoms with Gasteiger partial charge in [-0.1, -0.05) is 20.3 Å². The molecule has 7 nitrogen and oxygen atoms in total. The van der Waals surface area contributed by atoms with E-state index in [0.29, 0.717) is 11.6 Å². The van der Waals surface area contributed by atoms with Crippen molar-refractivity contribution < 1.29 is 9.90 Å². The summed E-state index contributed by atoms with van der Waals surface area (Å²) in [5.41, 5.74) is 0.760. The molecule has 102 valence electrons. The van der Waals surface area contributed by atoms with E-state index in [0.717, 1.165) is 12.1 Å². The van der Waals surface area contributed by atoms with Gasteiger partial charge in [0.1, 0.15) is 18.2 Å². The van der Waals surface area contributed by atoms with E-state index in [-0.39, 0.29) is 5.92 Å². The lowest BCUT2D eigenvalue weighted by Gasteiger charge is -2.21. The van der Waals surface area contributed by atoms with Crippen LogP contribution >= 0.6 is 0 Å². The number of aryl methyl sites for hydroxylation is 1. The third-order valence-corrected chi connectivity index (χ3v) is 3.16. The predicted octanol–water partition coefficient (Wildman–Crippen LogP) is 1.34. The third kappa shape index (κ3) is 2.64. The van der Waals surface area contributed by atoms with Crippen LogP contribution in [0, 0.1) is 12.8 Å². The Morgan fingerprint density at radius 2 is 2.32 bits per heavy atom. The summed E-state index contributed by atoms with van der Waals surface area (Å²) in [4.78, 5) is 19.6. The summed E-state index contributed by atoms with van der Waals surface area (Å²) >= 11 is 0. The van der Waals surface area contributed by atoms with Gasteiger partial charge in [-0.05, 0) is 12.8 Å². The number of fused-ring (bicyclic) bond motifs is 1. The van der Waals surface area contributed by atoms with Crippen molar-refractivity contribution in [2.45, 2.75) is 33.2 Å². The van der Waals surface area contributed by atoms with Gasteiger partial charge in [-0.3, -0.25) is 0 Å². The molecule has 0 bridgehead atoms. The zero-order chi connectivity index (χ0) is 14.0. The summed E-state index contributed by atoms with van der Waals surface area (Å²) < 4.78 is 1.51. The van der Waals surface area contributed by atoms with Crippen LogP contribution in [-0.4, -0.2) is 36.7 Å². The molecule has 0 unspecified atom stereocenters. The maximum atomic E-state index is 11.3. The van der Waals surface area contributed by atoms with Gasteiger partial charge in [0.2, 0.25) is 0 Å². The van der Waals surface area contributed by atoms with Gasteiger partial charge in [0.25, 0.3) is 5.78 Å². The van der Waals surface area contributed by atoms with Crippen molar-refractivity contribution in [3.8, 4) is 0 Å². The zero-order valence-corrected chi connectivity index (χ0v) is 11.2. The first-order valence-electron chi connectivity index (χ1n) is 6.19. The van der Waals surface area contributed by atoms with Crippen molar-refractivity contribution in [1.82, 2.24) is 19.6 Å². The highest BCUT2D eigenvalue weighted by molar-refractivity contribution is 5.77. The second-order valence-electron chi connectivity index (χ2n) is 4.60. The Hall–Kier alpha value is -2.18. The van der Waals surface area contributed by atoms with Gasteiger partial charge in [-0.15, -0.1) is 0 Å². The fourth-order valence-corrected chi connectivity index (χ4v) is 1.88. The van der Waals surface area contributed by atoms with Crippen molar-refractivity contribution >= 4 is 17.6 Å². The standard InChI is InChI=1S/C12H17N5O2/c1-4-7(2)10(11(18)19)16-9-5-8(3)15-12-13-6-14-17(9)12/h5-7,10,16H,4H2,1-3H3,(H,18,19)/t7-,10-/m0/s1. The van der Waals surface area contributed by atoms with E-state index in [9.17, 15) is 9.90 Å². The number of carboxylic acids is 1. The molecular formula is C12H17N5O2. The molecule has 0 aliphatic rings. The third-order valence-electron chi connectivity index (χ3n) is 3.16. The monoisotopic (exact) mass is 263 g/mol. The topological polar surface area (TPSA) is 92.4 Å². The zero-order valence-electron chi connectivity index (χ0n) is 11.2. The molecule has 0 aliphatic heterocycles. The number of hydrogen-bond donors (Lipinski definition) is 2. The minimum absolute atomic E-state index is 0.00421. The molecule has 2 atom stereocenters. The van der Waals surface area contributed by atoms with Crippen molar-refractivity contribution in [1.29, 1.82) is 0 Å². The van der Waals surface area contributed by atoms with Crippen LogP contribution in [0.4, 0.5) is 5.82 Å². The molecule has 0 radical (unpaired) electrons. The van der Waals surface area contributed by atoms with Crippen LogP contribution in [0.5, 0.6) is 0 Å². The number of carboxylic acid groups (broad SMARTS) is 1. The Kier molecular flexibility index (Phi) is 3.64. The molecule has 0 aliphatic carbocycles. The number of rotatable bonds is 5. The number of nitrogens with one attached hydrogen (secondary N) is 1. The van der Waals surface area contributed by atoms with Crippen LogP contribution in [-0.2, 0) is 4.79 Å². The molecule has 0 saturated carbocycles. The first kappa shape index (κ1) is 13.3. The second-order valence-corrected chi connectivity index (χ2v) is 4.60. The number of carbonyl (C=O) groups is 1. The Morgan fingerprint density at radius 1 is 1.58 bits per heavy atom. The molecular weight excluding hydrogens is 246 g/mol. The highest BCUT2D eigenvalue weighted by atomic mass is 16.4. The quantitative estimate of drug-likeness (QED) is 0.845. The minimum Gasteiger partial charge on any atom is -0.480 e. The largest absolute Gasteiger partial charge is 0.480 e. The molecule has 2 heterocycles. The summed E-state index contributed by atoms with van der Waals surface area (Å²) in [6, 6.07) is 1.10. The summed E-state index contributed by atoms with van der Waals surface area (Å²) in [7, 11) is 0. The number of hydrogen-bond acceptors (Lipinski definition) is 5. The Morgan fingerprint density at radius 3 is 2.95 bits per heavy atom. The lowest BCUT2D eigenvalue weighted by molar-refractivity contribution is -0.139. The smallest absolute Gasteiger partial charge is 0.326 e. The minimum atomic E-state index is -0.878. The second kappa shape index (κ2) is 5.21. The molecule has 2 N–H and O–H groups in total. The molecule has 2 rings (SSSR count). The van der Waals surface area contributed by atoms with E-state index in [4.69, 9.17) is 0 Å². The van der Waals surface area contributed by atoms with E-state index in [1.54, 1.807) is 6.07 Å². The first-order chi connectivity index (χ1) is 9.02. The summed E-state index contributed by atoms with van der Waals surface area (Å²) in [5, 5.41) is 16.4. The molecule has 0 amide bonds. The number of aromatic nitrogens is 4. The highest BCUT2D eigenvalue weighted by Crippen LogP contribution is 2.16. The van der Waals surface area contributed by atoms with Crippen LogP contribution in [0.1, 0.15) is 26.0 Å². The van der Waals surface area contributed by atoms with E-state index in [1.807, 2.05) is 20.8 Å². The summed E-state index contributed by atoms with van der Waals surface area (Å²) in [6.45, 7) is 5.70. The van der Waals surface area contributed by atoms with Crippen LogP contribution in [0.15, 0.2) is 12.4 Å². The normalized spacial score (nSPS) is 14.3. The molecule has 0 fully saturated rings. The molecule has 0 aromatic carbocycles. The predicted molar refractivity (Wildman–Crippen MR) is 70.0 cm³/mol. The average molecular weight is 263 g/mol. The van der Waals surface area contributed by atoms with Crippen molar-refractivity contribution in [2.75, 3.05) is 5.32 Å².